The van der Waals surface area contributed by atoms with Crippen LogP contribution in [0.15, 0.2) is 206 Å². The lowest BCUT2D eigenvalue weighted by molar-refractivity contribution is 1.01. The molecule has 0 unspecified atom stereocenters. The van der Waals surface area contributed by atoms with E-state index in [0.29, 0.717) is 5.95 Å². The fourth-order valence-electron chi connectivity index (χ4n) is 9.73. The zero-order chi connectivity index (χ0) is 39.3. The molecule has 10 aromatic carbocycles. The van der Waals surface area contributed by atoms with Crippen LogP contribution in [0.1, 0.15) is 0 Å². The van der Waals surface area contributed by atoms with E-state index in [4.69, 9.17) is 9.97 Å². The summed E-state index contributed by atoms with van der Waals surface area (Å²) >= 11 is 0. The van der Waals surface area contributed by atoms with Gasteiger partial charge in [-0.1, -0.05) is 152 Å². The summed E-state index contributed by atoms with van der Waals surface area (Å²) in [5.41, 5.74) is 10.8. The van der Waals surface area contributed by atoms with Gasteiger partial charge in [0.15, 0.2) is 0 Å². The van der Waals surface area contributed by atoms with Crippen LogP contribution in [-0.4, -0.2) is 19.1 Å². The monoisotopic (exact) mass is 762 g/mol. The first-order valence-corrected chi connectivity index (χ1v) is 20.5. The van der Waals surface area contributed by atoms with Crippen LogP contribution in [0.4, 0.5) is 0 Å². The molecule has 0 spiro atoms. The number of nitrogens with zero attached hydrogens (tertiary/aromatic N) is 4. The third-order valence-electron chi connectivity index (χ3n) is 12.4. The summed E-state index contributed by atoms with van der Waals surface area (Å²) in [5, 5.41) is 13.0. The molecule has 3 heterocycles. The average Bonchev–Trinajstić information content (AvgIpc) is 3.82. The zero-order valence-electron chi connectivity index (χ0n) is 32.4. The number of benzene rings is 10. The van der Waals surface area contributed by atoms with Gasteiger partial charge in [0.05, 0.1) is 33.3 Å². The molecule has 278 valence electrons. The fourth-order valence-corrected chi connectivity index (χ4v) is 9.73. The van der Waals surface area contributed by atoms with Gasteiger partial charge in [0.25, 0.3) is 0 Å². The third-order valence-corrected chi connectivity index (χ3v) is 12.4. The number of fused-ring (bicyclic) bond motifs is 10. The molecule has 3 aromatic heterocycles. The van der Waals surface area contributed by atoms with Crippen LogP contribution in [0.2, 0.25) is 0 Å². The highest BCUT2D eigenvalue weighted by Gasteiger charge is 2.23. The molecular weight excluding hydrogens is 729 g/mol. The van der Waals surface area contributed by atoms with Gasteiger partial charge in [0.1, 0.15) is 0 Å². The predicted octanol–water partition coefficient (Wildman–Crippen LogP) is 14.6. The van der Waals surface area contributed by atoms with Gasteiger partial charge < -0.3 is 4.57 Å². The second-order valence-electron chi connectivity index (χ2n) is 15.8. The van der Waals surface area contributed by atoms with Crippen LogP contribution >= 0.6 is 0 Å². The Labute approximate surface area is 344 Å². The van der Waals surface area contributed by atoms with E-state index in [1.54, 1.807) is 0 Å². The number of hydrogen-bond acceptors (Lipinski definition) is 2. The van der Waals surface area contributed by atoms with Gasteiger partial charge in [-0.2, -0.15) is 0 Å². The Morgan fingerprint density at radius 1 is 0.317 bits per heavy atom. The normalized spacial score (nSPS) is 12.0. The Morgan fingerprint density at radius 2 is 0.883 bits per heavy atom. The van der Waals surface area contributed by atoms with Crippen molar-refractivity contribution in [2.45, 2.75) is 0 Å². The van der Waals surface area contributed by atoms with E-state index >= 15 is 0 Å². The topological polar surface area (TPSA) is 35.6 Å². The molecule has 4 nitrogen and oxygen atoms in total. The average molecular weight is 763 g/mol. The van der Waals surface area contributed by atoms with E-state index < -0.39 is 0 Å². The first-order chi connectivity index (χ1) is 29.7. The Kier molecular flexibility index (Phi) is 6.98. The Balaban J connectivity index is 1.12. The van der Waals surface area contributed by atoms with E-state index in [9.17, 15) is 0 Å². The van der Waals surface area contributed by atoms with Gasteiger partial charge in [-0.15, -0.1) is 0 Å². The quantitative estimate of drug-likeness (QED) is 0.179. The molecule has 0 atom stereocenters. The molecule has 4 heteroatoms. The zero-order valence-corrected chi connectivity index (χ0v) is 32.4. The molecule has 60 heavy (non-hydrogen) atoms. The predicted molar refractivity (Wildman–Crippen MR) is 252 cm³/mol. The van der Waals surface area contributed by atoms with E-state index in [-0.39, 0.29) is 0 Å². The van der Waals surface area contributed by atoms with Gasteiger partial charge in [-0.3, -0.25) is 4.57 Å². The molecule has 0 amide bonds. The summed E-state index contributed by atoms with van der Waals surface area (Å²) < 4.78 is 4.72. The molecule has 13 rings (SSSR count). The summed E-state index contributed by atoms with van der Waals surface area (Å²) in [5.74, 6) is 0.647. The molecule has 13 aromatic rings. The third kappa shape index (κ3) is 4.85. The van der Waals surface area contributed by atoms with Crippen LogP contribution in [0.25, 0.3) is 121 Å². The van der Waals surface area contributed by atoms with E-state index in [0.717, 1.165) is 55.4 Å². The summed E-state index contributed by atoms with van der Waals surface area (Å²) in [7, 11) is 0. The number of hydrogen-bond donors (Lipinski definition) is 0. The highest BCUT2D eigenvalue weighted by Crippen LogP contribution is 2.45. The van der Waals surface area contributed by atoms with Crippen molar-refractivity contribution in [1.29, 1.82) is 0 Å². The van der Waals surface area contributed by atoms with Crippen molar-refractivity contribution in [2.24, 2.45) is 0 Å². The Bertz CT molecular complexity index is 3910. The second-order valence-corrected chi connectivity index (χ2v) is 15.8. The van der Waals surface area contributed by atoms with E-state index in [2.05, 4.69) is 215 Å². The first-order valence-electron chi connectivity index (χ1n) is 20.5. The van der Waals surface area contributed by atoms with Gasteiger partial charge >= 0.3 is 0 Å². The molecule has 0 saturated carbocycles. The summed E-state index contributed by atoms with van der Waals surface area (Å²) in [6.45, 7) is 0. The highest BCUT2D eigenvalue weighted by molar-refractivity contribution is 6.22. The molecule has 0 saturated heterocycles. The smallest absolute Gasteiger partial charge is 0.235 e. The minimum atomic E-state index is 0.647. The van der Waals surface area contributed by atoms with Gasteiger partial charge in [0.2, 0.25) is 5.95 Å². The van der Waals surface area contributed by atoms with Crippen molar-refractivity contribution in [2.75, 3.05) is 0 Å². The van der Waals surface area contributed by atoms with Crippen LogP contribution < -0.4 is 0 Å². The second kappa shape index (κ2) is 12.7. The van der Waals surface area contributed by atoms with Crippen LogP contribution in [-0.2, 0) is 0 Å². The maximum Gasteiger partial charge on any atom is 0.235 e. The summed E-state index contributed by atoms with van der Waals surface area (Å²) in [6.07, 6.45) is 0. The summed E-state index contributed by atoms with van der Waals surface area (Å²) in [6, 6.07) is 74.5. The Hall–Kier alpha value is -8.08. The van der Waals surface area contributed by atoms with Gasteiger partial charge in [-0.25, -0.2) is 9.97 Å². The van der Waals surface area contributed by atoms with E-state index in [1.807, 2.05) is 0 Å². The van der Waals surface area contributed by atoms with Crippen molar-refractivity contribution in [3.8, 4) is 34.0 Å². The lowest BCUT2D eigenvalue weighted by atomic mass is 9.94. The van der Waals surface area contributed by atoms with Crippen molar-refractivity contribution < 1.29 is 0 Å². The number of aromatic nitrogens is 4. The maximum atomic E-state index is 5.53. The molecule has 0 fully saturated rings. The van der Waals surface area contributed by atoms with Crippen molar-refractivity contribution in [3.05, 3.63) is 206 Å². The molecule has 0 radical (unpaired) electrons. The molecule has 0 N–H and O–H groups in total. The number of para-hydroxylation sites is 3. The first kappa shape index (κ1) is 32.9. The van der Waals surface area contributed by atoms with Crippen molar-refractivity contribution in [3.63, 3.8) is 0 Å². The van der Waals surface area contributed by atoms with Crippen LogP contribution in [0.5, 0.6) is 0 Å². The SMILES string of the molecule is c1ccc2cc(-c3nc(-n4c5ccccc5c5cc6ccccc6c(-c6ccc7c(c6)c6ccccc6n7-c6ccc7ccccc7c6)c54)nc4ccccc34)ccc2c1. The fraction of sp³-hybridized carbons (Fsp3) is 0. The standard InChI is InChI=1S/C56H34N4/c1-3-15-37-31-41(26-25-35(37)13-1)54-46-21-7-10-22-49(46)57-56(58-54)60-51-24-12-9-20-45(51)48-33-39-17-5-6-18-43(39)53(55(48)60)40-28-30-52-47(34-40)44-19-8-11-23-50(44)59(52)42-29-27-36-14-2-4-16-38(36)32-42/h1-34H. The van der Waals surface area contributed by atoms with Crippen molar-refractivity contribution >= 4 is 86.8 Å². The van der Waals surface area contributed by atoms with E-state index in [1.165, 1.54) is 59.5 Å². The van der Waals surface area contributed by atoms with Crippen LogP contribution in [0, 0.1) is 0 Å². The summed E-state index contributed by atoms with van der Waals surface area (Å²) in [4.78, 5) is 10.9. The van der Waals surface area contributed by atoms with Gasteiger partial charge in [0, 0.05) is 43.7 Å². The van der Waals surface area contributed by atoms with Crippen LogP contribution in [0.3, 0.4) is 0 Å². The molecule has 0 aliphatic heterocycles. The lowest BCUT2D eigenvalue weighted by Gasteiger charge is -2.16. The largest absolute Gasteiger partial charge is 0.309 e. The highest BCUT2D eigenvalue weighted by atomic mass is 15.2. The Morgan fingerprint density at radius 3 is 1.67 bits per heavy atom. The molecule has 0 bridgehead atoms. The van der Waals surface area contributed by atoms with Gasteiger partial charge in [-0.05, 0) is 92.5 Å². The minimum Gasteiger partial charge on any atom is -0.309 e. The molecular formula is C56H34N4. The molecule has 0 aliphatic rings. The maximum absolute atomic E-state index is 5.53. The molecule has 0 aliphatic carbocycles. The number of rotatable bonds is 4. The minimum absolute atomic E-state index is 0.647. The van der Waals surface area contributed by atoms with Crippen molar-refractivity contribution in [1.82, 2.24) is 19.1 Å². The lowest BCUT2D eigenvalue weighted by Crippen LogP contribution is -2.04.